The smallest absolute Gasteiger partial charge is 0.252 e. The molecule has 1 fully saturated rings. The summed E-state index contributed by atoms with van der Waals surface area (Å²) in [5.74, 6) is 0.331. The topological polar surface area (TPSA) is 71.7 Å². The van der Waals surface area contributed by atoms with Crippen molar-refractivity contribution in [2.45, 2.75) is 26.7 Å². The van der Waals surface area contributed by atoms with E-state index in [4.69, 9.17) is 10.5 Å². The fourth-order valence-corrected chi connectivity index (χ4v) is 2.88. The maximum Gasteiger partial charge on any atom is 0.252 e. The number of nitrogens with zero attached hydrogens (tertiary/aromatic N) is 3. The van der Waals surface area contributed by atoms with E-state index < -0.39 is 5.91 Å². The minimum absolute atomic E-state index is 0.405. The van der Waals surface area contributed by atoms with Crippen molar-refractivity contribution in [2.24, 2.45) is 5.73 Å². The van der Waals surface area contributed by atoms with Crippen molar-refractivity contribution < 1.29 is 9.53 Å². The fourth-order valence-electron chi connectivity index (χ4n) is 2.88. The average Bonchev–Trinajstić information content (AvgIpc) is 2.54. The molecule has 2 rings (SSSR count). The predicted molar refractivity (Wildman–Crippen MR) is 92.0 cm³/mol. The minimum Gasteiger partial charge on any atom is -0.385 e. The Morgan fingerprint density at radius 2 is 1.96 bits per heavy atom. The van der Waals surface area contributed by atoms with Gasteiger partial charge >= 0.3 is 0 Å². The van der Waals surface area contributed by atoms with E-state index in [1.165, 1.54) is 0 Å². The third-order valence-corrected chi connectivity index (χ3v) is 4.46. The van der Waals surface area contributed by atoms with Crippen LogP contribution in [0.15, 0.2) is 6.07 Å². The quantitative estimate of drug-likeness (QED) is 0.768. The van der Waals surface area contributed by atoms with E-state index in [0.29, 0.717) is 5.56 Å². The number of unbranched alkanes of at least 4 members (excludes halogenated alkanes) is 1. The van der Waals surface area contributed by atoms with Gasteiger partial charge in [-0.1, -0.05) is 0 Å². The summed E-state index contributed by atoms with van der Waals surface area (Å²) in [5.41, 5.74) is 8.01. The Labute approximate surface area is 138 Å². The van der Waals surface area contributed by atoms with Crippen molar-refractivity contribution in [3.63, 3.8) is 0 Å². The third-order valence-electron chi connectivity index (χ3n) is 4.46. The van der Waals surface area contributed by atoms with Crippen LogP contribution in [0.1, 0.15) is 34.5 Å². The van der Waals surface area contributed by atoms with Gasteiger partial charge in [-0.15, -0.1) is 0 Å². The van der Waals surface area contributed by atoms with Crippen LogP contribution in [-0.4, -0.2) is 62.2 Å². The highest BCUT2D eigenvalue weighted by Gasteiger charge is 2.22. The zero-order valence-electron chi connectivity index (χ0n) is 14.5. The molecule has 0 atom stereocenters. The molecule has 1 aliphatic heterocycles. The molecule has 0 unspecified atom stereocenters. The van der Waals surface area contributed by atoms with Crippen LogP contribution in [0.25, 0.3) is 0 Å². The van der Waals surface area contributed by atoms with Gasteiger partial charge in [-0.2, -0.15) is 0 Å². The number of piperazine rings is 1. The van der Waals surface area contributed by atoms with E-state index in [0.717, 1.165) is 69.2 Å². The second-order valence-electron chi connectivity index (χ2n) is 6.15. The number of rotatable bonds is 7. The number of hydrogen-bond donors (Lipinski definition) is 1. The Kier molecular flexibility index (Phi) is 6.36. The van der Waals surface area contributed by atoms with Crippen LogP contribution in [0.2, 0.25) is 0 Å². The van der Waals surface area contributed by atoms with E-state index >= 15 is 0 Å². The number of hydrogen-bond acceptors (Lipinski definition) is 5. The van der Waals surface area contributed by atoms with Gasteiger partial charge in [-0.05, 0) is 44.9 Å². The molecule has 128 valence electrons. The summed E-state index contributed by atoms with van der Waals surface area (Å²) in [6.07, 6.45) is 2.25. The molecule has 0 aromatic carbocycles. The molecule has 2 N–H and O–H groups in total. The van der Waals surface area contributed by atoms with Crippen LogP contribution < -0.4 is 10.6 Å². The van der Waals surface area contributed by atoms with Gasteiger partial charge in [0.1, 0.15) is 5.82 Å². The first-order valence-corrected chi connectivity index (χ1v) is 8.27. The minimum atomic E-state index is -0.405. The molecule has 0 spiro atoms. The maximum atomic E-state index is 11.7. The standard InChI is InChI=1S/C17H28N4O2/c1-13-12-15(16(18)22)17(19-14(13)2)21-9-7-20(8-10-21)6-4-5-11-23-3/h12H,4-11H2,1-3H3,(H2,18,22). The second kappa shape index (κ2) is 8.26. The predicted octanol–water partition coefficient (Wildman–Crippen LogP) is 1.35. The summed E-state index contributed by atoms with van der Waals surface area (Å²) < 4.78 is 5.08. The first-order valence-electron chi connectivity index (χ1n) is 8.27. The average molecular weight is 320 g/mol. The SMILES string of the molecule is COCCCCN1CCN(c2nc(C)c(C)cc2C(N)=O)CC1. The van der Waals surface area contributed by atoms with Gasteiger partial charge in [-0.3, -0.25) is 9.69 Å². The van der Waals surface area contributed by atoms with Gasteiger partial charge in [0.05, 0.1) is 5.56 Å². The van der Waals surface area contributed by atoms with E-state index in [1.54, 1.807) is 7.11 Å². The molecular weight excluding hydrogens is 292 g/mol. The highest BCUT2D eigenvalue weighted by atomic mass is 16.5. The molecule has 6 heteroatoms. The van der Waals surface area contributed by atoms with Crippen LogP contribution in [0.5, 0.6) is 0 Å². The summed E-state index contributed by atoms with van der Waals surface area (Å²) in [4.78, 5) is 21.0. The zero-order valence-corrected chi connectivity index (χ0v) is 14.5. The summed E-state index contributed by atoms with van der Waals surface area (Å²) in [7, 11) is 1.74. The van der Waals surface area contributed by atoms with Crippen molar-refractivity contribution in [1.29, 1.82) is 0 Å². The lowest BCUT2D eigenvalue weighted by atomic mass is 10.1. The van der Waals surface area contributed by atoms with Crippen molar-refractivity contribution in [3.05, 3.63) is 22.9 Å². The zero-order chi connectivity index (χ0) is 16.8. The molecule has 6 nitrogen and oxygen atoms in total. The maximum absolute atomic E-state index is 11.7. The molecule has 0 saturated carbocycles. The van der Waals surface area contributed by atoms with Crippen LogP contribution >= 0.6 is 0 Å². The number of carbonyl (C=O) groups excluding carboxylic acids is 1. The molecule has 1 aromatic rings. The van der Waals surface area contributed by atoms with Gasteiger partial charge in [0.15, 0.2) is 0 Å². The van der Waals surface area contributed by atoms with Crippen molar-refractivity contribution in [1.82, 2.24) is 9.88 Å². The summed E-state index contributed by atoms with van der Waals surface area (Å²) in [5, 5.41) is 0. The van der Waals surface area contributed by atoms with E-state index in [-0.39, 0.29) is 0 Å². The summed E-state index contributed by atoms with van der Waals surface area (Å²) in [6, 6.07) is 1.86. The largest absolute Gasteiger partial charge is 0.385 e. The molecule has 1 amide bonds. The number of amides is 1. The van der Waals surface area contributed by atoms with Crippen molar-refractivity contribution in [3.8, 4) is 0 Å². The number of methoxy groups -OCH3 is 1. The number of aryl methyl sites for hydroxylation is 2. The first-order chi connectivity index (χ1) is 11.0. The Hall–Kier alpha value is -1.66. The Bertz CT molecular complexity index is 540. The number of aromatic nitrogens is 1. The number of anilines is 1. The number of pyridine rings is 1. The Morgan fingerprint density at radius 3 is 2.57 bits per heavy atom. The van der Waals surface area contributed by atoms with Gasteiger partial charge in [0.2, 0.25) is 0 Å². The molecule has 0 bridgehead atoms. The molecule has 0 radical (unpaired) electrons. The highest BCUT2D eigenvalue weighted by Crippen LogP contribution is 2.22. The fraction of sp³-hybridized carbons (Fsp3) is 0.647. The normalized spacial score (nSPS) is 15.9. The van der Waals surface area contributed by atoms with Gasteiger partial charge in [0.25, 0.3) is 5.91 Å². The van der Waals surface area contributed by atoms with Crippen LogP contribution in [0, 0.1) is 13.8 Å². The number of nitrogens with two attached hydrogens (primary N) is 1. The van der Waals surface area contributed by atoms with Gasteiger partial charge < -0.3 is 15.4 Å². The van der Waals surface area contributed by atoms with Gasteiger partial charge in [-0.25, -0.2) is 4.98 Å². The number of ether oxygens (including phenoxy) is 1. The lowest BCUT2D eigenvalue weighted by Crippen LogP contribution is -2.47. The Balaban J connectivity index is 1.97. The van der Waals surface area contributed by atoms with Crippen LogP contribution in [0.3, 0.4) is 0 Å². The lowest BCUT2D eigenvalue weighted by Gasteiger charge is -2.36. The van der Waals surface area contributed by atoms with E-state index in [9.17, 15) is 4.79 Å². The second-order valence-corrected chi connectivity index (χ2v) is 6.15. The van der Waals surface area contributed by atoms with Crippen LogP contribution in [0.4, 0.5) is 5.82 Å². The number of primary amides is 1. The third kappa shape index (κ3) is 4.65. The number of carbonyl (C=O) groups is 1. The Morgan fingerprint density at radius 1 is 1.26 bits per heavy atom. The molecule has 0 aliphatic carbocycles. The summed E-state index contributed by atoms with van der Waals surface area (Å²) >= 11 is 0. The van der Waals surface area contributed by atoms with Crippen LogP contribution in [-0.2, 0) is 4.74 Å². The highest BCUT2D eigenvalue weighted by molar-refractivity contribution is 5.98. The lowest BCUT2D eigenvalue weighted by molar-refractivity contribution is 0.1000. The molecule has 1 aliphatic rings. The van der Waals surface area contributed by atoms with Gasteiger partial charge in [0, 0.05) is 45.6 Å². The first kappa shape index (κ1) is 17.7. The van der Waals surface area contributed by atoms with E-state index in [1.807, 2.05) is 19.9 Å². The summed E-state index contributed by atoms with van der Waals surface area (Å²) in [6.45, 7) is 9.57. The molecule has 1 aromatic heterocycles. The van der Waals surface area contributed by atoms with Crippen molar-refractivity contribution >= 4 is 11.7 Å². The molecular formula is C17H28N4O2. The van der Waals surface area contributed by atoms with Crippen molar-refractivity contribution in [2.75, 3.05) is 51.3 Å². The molecule has 1 saturated heterocycles. The molecule has 23 heavy (non-hydrogen) atoms. The molecule has 2 heterocycles. The van der Waals surface area contributed by atoms with E-state index in [2.05, 4.69) is 14.8 Å². The monoisotopic (exact) mass is 320 g/mol.